The number of hydrogen-bond donors (Lipinski definition) is 1. The fraction of sp³-hybridized carbons (Fsp3) is 0.250. The summed E-state index contributed by atoms with van der Waals surface area (Å²) < 4.78 is 12.7. The van der Waals surface area contributed by atoms with Crippen LogP contribution >= 0.6 is 11.6 Å². The predicted octanol–water partition coefficient (Wildman–Crippen LogP) is 2.70. The standard InChI is InChI=1S/C20H17ClN6O3/c21-13-3-1-11(2-4-13)15-7-12(9-29-15)19-25-16(30-26-19)8-27-10-24-17-14(20(27)28)5-6-23-18(17)22/h1-6,10,12,15H,7-9H2,(H2,22,23). The minimum Gasteiger partial charge on any atom is -0.382 e. The van der Waals surface area contributed by atoms with E-state index in [-0.39, 0.29) is 29.9 Å². The predicted molar refractivity (Wildman–Crippen MR) is 109 cm³/mol. The van der Waals surface area contributed by atoms with E-state index in [1.54, 1.807) is 6.07 Å². The molecule has 3 aromatic heterocycles. The second-order valence-electron chi connectivity index (χ2n) is 7.12. The van der Waals surface area contributed by atoms with Crippen molar-refractivity contribution in [3.63, 3.8) is 0 Å². The Hall–Kier alpha value is -3.30. The van der Waals surface area contributed by atoms with Crippen LogP contribution in [0, 0.1) is 0 Å². The lowest BCUT2D eigenvalue weighted by molar-refractivity contribution is 0.110. The van der Waals surface area contributed by atoms with Crippen molar-refractivity contribution >= 4 is 28.3 Å². The minimum atomic E-state index is -0.249. The Balaban J connectivity index is 1.33. The van der Waals surface area contributed by atoms with E-state index in [4.69, 9.17) is 26.6 Å². The Morgan fingerprint density at radius 3 is 2.87 bits per heavy atom. The van der Waals surface area contributed by atoms with Crippen molar-refractivity contribution in [3.8, 4) is 0 Å². The molecule has 10 heteroatoms. The van der Waals surface area contributed by atoms with Crippen molar-refractivity contribution in [1.29, 1.82) is 0 Å². The van der Waals surface area contributed by atoms with Crippen LogP contribution in [0.3, 0.4) is 0 Å². The van der Waals surface area contributed by atoms with Gasteiger partial charge in [0.1, 0.15) is 17.9 Å². The smallest absolute Gasteiger partial charge is 0.261 e. The second kappa shape index (κ2) is 7.51. The van der Waals surface area contributed by atoms with Gasteiger partial charge in [-0.15, -0.1) is 0 Å². The third-order valence-electron chi connectivity index (χ3n) is 5.16. The lowest BCUT2D eigenvalue weighted by Gasteiger charge is -2.09. The first kappa shape index (κ1) is 18.7. The number of pyridine rings is 1. The third-order valence-corrected chi connectivity index (χ3v) is 5.42. The molecule has 152 valence electrons. The molecular weight excluding hydrogens is 408 g/mol. The molecule has 1 aliphatic rings. The van der Waals surface area contributed by atoms with Crippen molar-refractivity contribution in [2.75, 3.05) is 12.3 Å². The molecule has 1 fully saturated rings. The highest BCUT2D eigenvalue weighted by Gasteiger charge is 2.31. The van der Waals surface area contributed by atoms with E-state index in [1.807, 2.05) is 24.3 Å². The number of nitrogens with zero attached hydrogens (tertiary/aromatic N) is 5. The Kier molecular flexibility index (Phi) is 4.68. The number of hydrogen-bond acceptors (Lipinski definition) is 8. The van der Waals surface area contributed by atoms with Crippen molar-refractivity contribution in [3.05, 3.63) is 75.5 Å². The molecule has 0 saturated carbocycles. The summed E-state index contributed by atoms with van der Waals surface area (Å²) in [4.78, 5) is 25.3. The molecule has 2 unspecified atom stereocenters. The number of aromatic nitrogens is 5. The molecule has 30 heavy (non-hydrogen) atoms. The van der Waals surface area contributed by atoms with Crippen LogP contribution in [0.5, 0.6) is 0 Å². The molecule has 2 N–H and O–H groups in total. The quantitative estimate of drug-likeness (QED) is 0.530. The number of halogens is 1. The highest BCUT2D eigenvalue weighted by molar-refractivity contribution is 6.30. The van der Waals surface area contributed by atoms with Gasteiger partial charge in [0, 0.05) is 17.1 Å². The van der Waals surface area contributed by atoms with Crippen LogP contribution in [0.25, 0.3) is 10.9 Å². The number of ether oxygens (including phenoxy) is 1. The largest absolute Gasteiger partial charge is 0.382 e. The highest BCUT2D eigenvalue weighted by Crippen LogP contribution is 2.37. The average molecular weight is 425 g/mol. The maximum Gasteiger partial charge on any atom is 0.261 e. The zero-order chi connectivity index (χ0) is 20.7. The maximum atomic E-state index is 12.7. The van der Waals surface area contributed by atoms with Crippen molar-refractivity contribution in [1.82, 2.24) is 24.7 Å². The molecule has 4 aromatic rings. The highest BCUT2D eigenvalue weighted by atomic mass is 35.5. The van der Waals surface area contributed by atoms with Crippen molar-refractivity contribution < 1.29 is 9.26 Å². The van der Waals surface area contributed by atoms with Gasteiger partial charge in [0.15, 0.2) is 5.82 Å². The van der Waals surface area contributed by atoms with E-state index >= 15 is 0 Å². The monoisotopic (exact) mass is 424 g/mol. The first-order valence-corrected chi connectivity index (χ1v) is 9.75. The molecule has 0 radical (unpaired) electrons. The summed E-state index contributed by atoms with van der Waals surface area (Å²) in [5, 5.41) is 5.17. The molecule has 2 atom stereocenters. The van der Waals surface area contributed by atoms with Gasteiger partial charge in [-0.25, -0.2) is 9.97 Å². The average Bonchev–Trinajstić information content (AvgIpc) is 3.41. The molecule has 0 amide bonds. The number of fused-ring (bicyclic) bond motifs is 1. The number of rotatable bonds is 4. The molecule has 0 bridgehead atoms. The van der Waals surface area contributed by atoms with E-state index in [1.165, 1.54) is 17.1 Å². The second-order valence-corrected chi connectivity index (χ2v) is 7.56. The van der Waals surface area contributed by atoms with E-state index < -0.39 is 0 Å². The van der Waals surface area contributed by atoms with Crippen LogP contribution in [0.15, 0.2) is 52.2 Å². The van der Waals surface area contributed by atoms with Crippen LogP contribution in [-0.2, 0) is 11.3 Å². The first-order valence-electron chi connectivity index (χ1n) is 9.37. The number of benzene rings is 1. The normalized spacial score (nSPS) is 18.8. The van der Waals surface area contributed by atoms with Gasteiger partial charge in [-0.3, -0.25) is 9.36 Å². The van der Waals surface area contributed by atoms with Crippen molar-refractivity contribution in [2.45, 2.75) is 25.0 Å². The summed E-state index contributed by atoms with van der Waals surface area (Å²) in [6.07, 6.45) is 3.58. The van der Waals surface area contributed by atoms with Crippen LogP contribution in [0.1, 0.15) is 35.7 Å². The number of nitrogens with two attached hydrogens (primary N) is 1. The van der Waals surface area contributed by atoms with Gasteiger partial charge in [-0.05, 0) is 30.2 Å². The van der Waals surface area contributed by atoms with Crippen LogP contribution < -0.4 is 11.3 Å². The fourth-order valence-corrected chi connectivity index (χ4v) is 3.71. The molecule has 9 nitrogen and oxygen atoms in total. The molecule has 1 aromatic carbocycles. The van der Waals surface area contributed by atoms with E-state index in [9.17, 15) is 4.79 Å². The van der Waals surface area contributed by atoms with Gasteiger partial charge < -0.3 is 15.0 Å². The summed E-state index contributed by atoms with van der Waals surface area (Å²) in [6, 6.07) is 9.19. The SMILES string of the molecule is Nc1nccc2c(=O)n(Cc3nc(C4COC(c5ccc(Cl)cc5)C4)no3)cnc12. The minimum absolute atomic E-state index is 0.0144. The molecule has 0 spiro atoms. The van der Waals surface area contributed by atoms with Crippen molar-refractivity contribution in [2.24, 2.45) is 0 Å². The summed E-state index contributed by atoms with van der Waals surface area (Å²) >= 11 is 5.95. The number of anilines is 1. The zero-order valence-electron chi connectivity index (χ0n) is 15.7. The third kappa shape index (κ3) is 3.42. The number of nitrogen functional groups attached to an aromatic ring is 1. The zero-order valence-corrected chi connectivity index (χ0v) is 16.5. The van der Waals surface area contributed by atoms with Gasteiger partial charge in [0.05, 0.1) is 24.4 Å². The first-order chi connectivity index (χ1) is 14.6. The van der Waals surface area contributed by atoms with E-state index in [0.29, 0.717) is 34.2 Å². The van der Waals surface area contributed by atoms with E-state index in [2.05, 4.69) is 20.1 Å². The van der Waals surface area contributed by atoms with Gasteiger partial charge in [-0.2, -0.15) is 4.98 Å². The van der Waals surface area contributed by atoms with Crippen LogP contribution in [0.2, 0.25) is 5.02 Å². The Bertz CT molecular complexity index is 1270. The Morgan fingerprint density at radius 1 is 1.20 bits per heavy atom. The Labute approximate surface area is 175 Å². The van der Waals surface area contributed by atoms with Gasteiger partial charge in [0.25, 0.3) is 5.56 Å². The Morgan fingerprint density at radius 2 is 2.03 bits per heavy atom. The van der Waals surface area contributed by atoms with Gasteiger partial charge >= 0.3 is 0 Å². The summed E-state index contributed by atoms with van der Waals surface area (Å²) in [5.74, 6) is 1.12. The molecule has 5 rings (SSSR count). The lowest BCUT2D eigenvalue weighted by Crippen LogP contribution is -2.21. The van der Waals surface area contributed by atoms with Crippen LogP contribution in [-0.4, -0.2) is 31.3 Å². The van der Waals surface area contributed by atoms with Gasteiger partial charge in [-0.1, -0.05) is 28.9 Å². The molecule has 1 aliphatic heterocycles. The maximum absolute atomic E-state index is 12.7. The van der Waals surface area contributed by atoms with Gasteiger partial charge in [0.2, 0.25) is 5.89 Å². The summed E-state index contributed by atoms with van der Waals surface area (Å²) in [7, 11) is 0. The topological polar surface area (TPSA) is 122 Å². The van der Waals surface area contributed by atoms with E-state index in [0.717, 1.165) is 12.0 Å². The molecule has 4 heterocycles. The molecule has 1 saturated heterocycles. The summed E-state index contributed by atoms with van der Waals surface area (Å²) in [6.45, 7) is 0.612. The molecular formula is C20H17ClN6O3. The fourth-order valence-electron chi connectivity index (χ4n) is 3.59. The lowest BCUT2D eigenvalue weighted by atomic mass is 10.0. The summed E-state index contributed by atoms with van der Waals surface area (Å²) in [5.41, 5.74) is 6.97. The molecule has 0 aliphatic carbocycles. The van der Waals surface area contributed by atoms with Crippen LogP contribution in [0.4, 0.5) is 5.82 Å².